The molecule has 0 saturated heterocycles. The molecule has 2 aromatic carbocycles. The first-order chi connectivity index (χ1) is 23.4. The van der Waals surface area contributed by atoms with E-state index in [-0.39, 0.29) is 54.2 Å². The average Bonchev–Trinajstić information content (AvgIpc) is 3.21. The van der Waals surface area contributed by atoms with Crippen LogP contribution in [0.25, 0.3) is 0 Å². The molecule has 266 valence electrons. The molecule has 1 fully saturated rings. The number of hydrogen-bond donors (Lipinski definition) is 3. The Morgan fingerprint density at radius 2 is 2.02 bits per heavy atom. The first-order valence-corrected chi connectivity index (χ1v) is 19.3. The van der Waals surface area contributed by atoms with Crippen molar-refractivity contribution in [2.24, 2.45) is 17.8 Å². The largest absolute Gasteiger partial charge is 0.490 e. The summed E-state index contributed by atoms with van der Waals surface area (Å²) < 4.78 is 42.1. The van der Waals surface area contributed by atoms with Crippen molar-refractivity contribution in [3.8, 4) is 5.75 Å². The average molecular weight is 714 g/mol. The summed E-state index contributed by atoms with van der Waals surface area (Å²) >= 11 is 6.44. The van der Waals surface area contributed by atoms with Crippen LogP contribution >= 0.6 is 11.6 Å². The first-order valence-electron chi connectivity index (χ1n) is 17.4. The molecule has 12 heteroatoms. The molecule has 2 aliphatic carbocycles. The highest BCUT2D eigenvalue weighted by Crippen LogP contribution is 2.50. The molecule has 2 bridgehead atoms. The summed E-state index contributed by atoms with van der Waals surface area (Å²) in [6.45, 7) is 5.12. The SMILES string of the molecule is CO[C@@]1(CC(=O)NCCO)/C=C\C[C@H](C)[C@@H](C)S(=O)(=O)NC(=O)c2ccc3c(c2)N(C[C@@H]2CC[C@H]21)C[C@@]1(CCCc2cc(Cl)ccc21)CO3. The third-order valence-corrected chi connectivity index (χ3v) is 13.6. The van der Waals surface area contributed by atoms with Gasteiger partial charge in [0.1, 0.15) is 5.75 Å². The lowest BCUT2D eigenvalue weighted by atomic mass is 9.62. The Morgan fingerprint density at radius 1 is 1.20 bits per heavy atom. The standard InChI is InChI=1S/C37H48ClN3O7S/c1-24-6-4-15-37(47-3,20-34(43)39-16-17-42)31-11-8-28(31)21-41-22-36(14-5-7-26-18-29(38)10-12-30(26)36)23-48-33-13-9-27(19-32(33)41)35(44)40-49(45,46)25(24)2/h4,9-10,12-13,15,18-19,24-25,28,31,42H,5-8,11,14,16-17,20-23H2,1-3H3,(H,39,43)(H,40,44)/b15-4-/t24-,25+,28-,31+,36-,37+/m0/s1. The number of allylic oxidation sites excluding steroid dienone is 1. The molecule has 2 amide bonds. The van der Waals surface area contributed by atoms with Crippen molar-refractivity contribution in [3.63, 3.8) is 0 Å². The van der Waals surface area contributed by atoms with E-state index in [0.29, 0.717) is 36.9 Å². The lowest BCUT2D eigenvalue weighted by Crippen LogP contribution is -2.54. The van der Waals surface area contributed by atoms with Crippen molar-refractivity contribution in [2.45, 2.75) is 75.1 Å². The monoisotopic (exact) mass is 713 g/mol. The van der Waals surface area contributed by atoms with Gasteiger partial charge in [-0.05, 0) is 105 Å². The highest BCUT2D eigenvalue weighted by molar-refractivity contribution is 7.90. The number of benzene rings is 2. The van der Waals surface area contributed by atoms with E-state index in [9.17, 15) is 23.1 Å². The lowest BCUT2D eigenvalue weighted by Gasteiger charge is -2.50. The van der Waals surface area contributed by atoms with Crippen LogP contribution in [0.2, 0.25) is 5.02 Å². The summed E-state index contributed by atoms with van der Waals surface area (Å²) in [5, 5.41) is 12.0. The molecule has 0 radical (unpaired) electrons. The van der Waals surface area contributed by atoms with Crippen LogP contribution in [0.3, 0.4) is 0 Å². The van der Waals surface area contributed by atoms with Gasteiger partial charge in [-0.1, -0.05) is 36.7 Å². The number of nitrogens with zero attached hydrogens (tertiary/aromatic N) is 1. The third-order valence-electron chi connectivity index (χ3n) is 11.5. The van der Waals surface area contributed by atoms with Crippen molar-refractivity contribution < 1.29 is 32.6 Å². The molecule has 2 aromatic rings. The number of nitrogens with one attached hydrogen (secondary N) is 2. The molecule has 10 nitrogen and oxygen atoms in total. The highest BCUT2D eigenvalue weighted by Gasteiger charge is 2.50. The van der Waals surface area contributed by atoms with E-state index in [4.69, 9.17) is 21.1 Å². The second-order valence-electron chi connectivity index (χ2n) is 14.4. The highest BCUT2D eigenvalue weighted by atomic mass is 35.5. The Morgan fingerprint density at radius 3 is 2.76 bits per heavy atom. The second kappa shape index (κ2) is 14.2. The number of sulfonamides is 1. The molecule has 3 N–H and O–H groups in total. The van der Waals surface area contributed by atoms with Gasteiger partial charge in [-0.15, -0.1) is 0 Å². The molecular weight excluding hydrogens is 666 g/mol. The topological polar surface area (TPSA) is 134 Å². The van der Waals surface area contributed by atoms with Crippen LogP contribution in [-0.4, -0.2) is 76.1 Å². The third kappa shape index (κ3) is 7.09. The van der Waals surface area contributed by atoms with E-state index >= 15 is 0 Å². The number of aliphatic hydroxyl groups excluding tert-OH is 1. The summed E-state index contributed by atoms with van der Waals surface area (Å²) in [5.74, 6) is -0.446. The van der Waals surface area contributed by atoms with Gasteiger partial charge in [-0.3, -0.25) is 9.59 Å². The van der Waals surface area contributed by atoms with Crippen molar-refractivity contribution in [2.75, 3.05) is 44.9 Å². The van der Waals surface area contributed by atoms with E-state index in [0.717, 1.165) is 37.8 Å². The number of amides is 2. The summed E-state index contributed by atoms with van der Waals surface area (Å²) in [5.41, 5.74) is 2.14. The molecule has 1 spiro atoms. The number of methoxy groups -OCH3 is 1. The van der Waals surface area contributed by atoms with Crippen LogP contribution in [-0.2, 0) is 31.4 Å². The summed E-state index contributed by atoms with van der Waals surface area (Å²) in [4.78, 5) is 29.0. The summed E-state index contributed by atoms with van der Waals surface area (Å²) in [6, 6.07) is 11.3. The van der Waals surface area contributed by atoms with Gasteiger partial charge in [-0.2, -0.15) is 0 Å². The Bertz CT molecular complexity index is 1720. The predicted octanol–water partition coefficient (Wildman–Crippen LogP) is 4.77. The fourth-order valence-electron chi connectivity index (χ4n) is 8.34. The zero-order valence-corrected chi connectivity index (χ0v) is 30.1. The van der Waals surface area contributed by atoms with Gasteiger partial charge in [0, 0.05) is 42.7 Å². The number of carbonyl (C=O) groups excluding carboxylic acids is 2. The summed E-state index contributed by atoms with van der Waals surface area (Å²) in [7, 11) is -2.39. The number of aliphatic hydroxyl groups is 1. The smallest absolute Gasteiger partial charge is 0.264 e. The normalized spacial score (nSPS) is 31.6. The van der Waals surface area contributed by atoms with Crippen LogP contribution in [0, 0.1) is 17.8 Å². The maximum absolute atomic E-state index is 13.5. The number of carbonyl (C=O) groups is 2. The van der Waals surface area contributed by atoms with E-state index in [1.807, 2.05) is 25.1 Å². The minimum atomic E-state index is -4.02. The quantitative estimate of drug-likeness (QED) is 0.378. The molecule has 1 saturated carbocycles. The fourth-order valence-corrected chi connectivity index (χ4v) is 9.82. The molecule has 49 heavy (non-hydrogen) atoms. The van der Waals surface area contributed by atoms with Crippen LogP contribution in [0.5, 0.6) is 5.75 Å². The minimum absolute atomic E-state index is 0.00880. The zero-order chi connectivity index (χ0) is 35.0. The Labute approximate surface area is 294 Å². The molecule has 2 heterocycles. The van der Waals surface area contributed by atoms with Crippen molar-refractivity contribution >= 4 is 39.1 Å². The molecule has 6 rings (SSSR count). The number of ether oxygens (including phenoxy) is 2. The Balaban J connectivity index is 1.45. The van der Waals surface area contributed by atoms with Crippen molar-refractivity contribution in [1.82, 2.24) is 10.0 Å². The minimum Gasteiger partial charge on any atom is -0.490 e. The second-order valence-corrected chi connectivity index (χ2v) is 16.9. The fraction of sp³-hybridized carbons (Fsp3) is 0.568. The maximum Gasteiger partial charge on any atom is 0.264 e. The first kappa shape index (κ1) is 35.7. The molecule has 4 aliphatic rings. The van der Waals surface area contributed by atoms with Gasteiger partial charge in [0.05, 0.1) is 36.2 Å². The summed E-state index contributed by atoms with van der Waals surface area (Å²) in [6.07, 6.45) is 8.96. The Kier molecular flexibility index (Phi) is 10.4. The number of anilines is 1. The van der Waals surface area contributed by atoms with Crippen LogP contribution < -0.4 is 19.7 Å². The van der Waals surface area contributed by atoms with Gasteiger partial charge < -0.3 is 24.8 Å². The van der Waals surface area contributed by atoms with Gasteiger partial charge in [0.25, 0.3) is 5.91 Å². The van der Waals surface area contributed by atoms with Crippen molar-refractivity contribution in [3.05, 3.63) is 70.3 Å². The van der Waals surface area contributed by atoms with E-state index in [1.54, 1.807) is 32.2 Å². The van der Waals surface area contributed by atoms with E-state index in [1.165, 1.54) is 11.1 Å². The number of hydrogen-bond acceptors (Lipinski definition) is 8. The molecular formula is C37H48ClN3O7S. The van der Waals surface area contributed by atoms with Crippen LogP contribution in [0.4, 0.5) is 5.69 Å². The van der Waals surface area contributed by atoms with Crippen molar-refractivity contribution in [1.29, 1.82) is 0 Å². The van der Waals surface area contributed by atoms with Crippen LogP contribution in [0.1, 0.15) is 73.9 Å². The lowest BCUT2D eigenvalue weighted by molar-refractivity contribution is -0.133. The number of rotatable bonds is 5. The van der Waals surface area contributed by atoms with Gasteiger partial charge in [-0.25, -0.2) is 13.1 Å². The number of halogens is 1. The zero-order valence-electron chi connectivity index (χ0n) is 28.5. The van der Waals surface area contributed by atoms with Crippen LogP contribution in [0.15, 0.2) is 48.6 Å². The molecule has 0 aromatic heterocycles. The van der Waals surface area contributed by atoms with Gasteiger partial charge >= 0.3 is 0 Å². The van der Waals surface area contributed by atoms with Gasteiger partial charge in [0.15, 0.2) is 0 Å². The predicted molar refractivity (Wildman–Crippen MR) is 190 cm³/mol. The van der Waals surface area contributed by atoms with Gasteiger partial charge in [0.2, 0.25) is 15.9 Å². The molecule has 6 atom stereocenters. The van der Waals surface area contributed by atoms with E-state index < -0.39 is 26.8 Å². The molecule has 2 aliphatic heterocycles. The number of aryl methyl sites for hydroxylation is 1. The van der Waals surface area contributed by atoms with E-state index in [2.05, 4.69) is 27.1 Å². The maximum atomic E-state index is 13.5. The molecule has 0 unspecified atom stereocenters. The Hall–Kier alpha value is -3.12. The number of fused-ring (bicyclic) bond motifs is 4.